The second-order valence-electron chi connectivity index (χ2n) is 6.49. The third kappa shape index (κ3) is 4.61. The summed E-state index contributed by atoms with van der Waals surface area (Å²) in [6.07, 6.45) is 1.81. The lowest BCUT2D eigenvalue weighted by molar-refractivity contribution is 0.0708. The van der Waals surface area contributed by atoms with E-state index in [9.17, 15) is 13.2 Å². The molecule has 8 heteroatoms. The van der Waals surface area contributed by atoms with Crippen LogP contribution in [0.25, 0.3) is 0 Å². The van der Waals surface area contributed by atoms with Crippen LogP contribution in [0.15, 0.2) is 59.5 Å². The van der Waals surface area contributed by atoms with Crippen LogP contribution in [-0.2, 0) is 10.0 Å². The molecule has 1 atom stereocenters. The summed E-state index contributed by atoms with van der Waals surface area (Å²) in [4.78, 5) is 14.5. The Labute approximate surface area is 166 Å². The largest absolute Gasteiger partial charge is 0.337 e. The van der Waals surface area contributed by atoms with Crippen molar-refractivity contribution in [3.05, 3.63) is 60.2 Å². The Morgan fingerprint density at radius 1 is 1.11 bits per heavy atom. The number of nitrogens with two attached hydrogens (primary N) is 1. The van der Waals surface area contributed by atoms with Gasteiger partial charge in [0.15, 0.2) is 0 Å². The predicted molar refractivity (Wildman–Crippen MR) is 109 cm³/mol. The number of benzene rings is 2. The van der Waals surface area contributed by atoms with Gasteiger partial charge in [0.05, 0.1) is 10.6 Å². The van der Waals surface area contributed by atoms with Gasteiger partial charge in [0, 0.05) is 31.7 Å². The van der Waals surface area contributed by atoms with E-state index >= 15 is 0 Å². The fraction of sp³-hybridized carbons (Fsp3) is 0.316. The summed E-state index contributed by atoms with van der Waals surface area (Å²) in [6.45, 7) is 1.22. The number of rotatable bonds is 4. The molecule has 2 aromatic rings. The first-order valence-electron chi connectivity index (χ1n) is 8.58. The Kier molecular flexibility index (Phi) is 6.86. The second-order valence-corrected chi connectivity index (χ2v) is 8.46. The van der Waals surface area contributed by atoms with E-state index in [1.165, 1.54) is 23.5 Å². The van der Waals surface area contributed by atoms with Gasteiger partial charge < -0.3 is 10.6 Å². The minimum Gasteiger partial charge on any atom is -0.337 e. The van der Waals surface area contributed by atoms with Crippen LogP contribution in [-0.4, -0.2) is 45.4 Å². The number of carbonyl (C=O) groups is 1. The smallest absolute Gasteiger partial charge is 0.264 e. The number of carbonyl (C=O) groups excluding carboxylic acids is 1. The quantitative estimate of drug-likeness (QED) is 0.840. The average molecular weight is 410 g/mol. The molecule has 3 rings (SSSR count). The molecule has 2 aromatic carbocycles. The highest BCUT2D eigenvalue weighted by atomic mass is 35.5. The summed E-state index contributed by atoms with van der Waals surface area (Å²) in [7, 11) is -2.17. The van der Waals surface area contributed by atoms with Gasteiger partial charge in [-0.2, -0.15) is 0 Å². The van der Waals surface area contributed by atoms with E-state index in [1.807, 2.05) is 6.07 Å². The summed E-state index contributed by atoms with van der Waals surface area (Å²) >= 11 is 0. The van der Waals surface area contributed by atoms with Crippen LogP contribution in [0.3, 0.4) is 0 Å². The fourth-order valence-corrected chi connectivity index (χ4v) is 4.28. The Balaban J connectivity index is 0.00000261. The fourth-order valence-electron chi connectivity index (χ4n) is 3.08. The number of para-hydroxylation sites is 1. The van der Waals surface area contributed by atoms with Crippen LogP contribution in [0, 0.1) is 0 Å². The van der Waals surface area contributed by atoms with E-state index in [-0.39, 0.29) is 29.3 Å². The van der Waals surface area contributed by atoms with Crippen LogP contribution in [0.1, 0.15) is 23.2 Å². The van der Waals surface area contributed by atoms with E-state index in [4.69, 9.17) is 5.73 Å². The van der Waals surface area contributed by atoms with Crippen molar-refractivity contribution in [3.63, 3.8) is 0 Å². The molecule has 0 aliphatic carbocycles. The van der Waals surface area contributed by atoms with Crippen molar-refractivity contribution >= 4 is 34.0 Å². The molecule has 6 nitrogen and oxygen atoms in total. The summed E-state index contributed by atoms with van der Waals surface area (Å²) in [5.74, 6) is -0.111. The number of nitrogens with zero attached hydrogens (tertiary/aromatic N) is 2. The molecule has 1 fully saturated rings. The monoisotopic (exact) mass is 409 g/mol. The first-order valence-corrected chi connectivity index (χ1v) is 10.0. The lowest BCUT2D eigenvalue weighted by Crippen LogP contribution is -2.45. The van der Waals surface area contributed by atoms with Crippen molar-refractivity contribution in [3.8, 4) is 0 Å². The maximum absolute atomic E-state index is 12.8. The first kappa shape index (κ1) is 21.2. The summed E-state index contributed by atoms with van der Waals surface area (Å²) in [6, 6.07) is 15.0. The van der Waals surface area contributed by atoms with Crippen molar-refractivity contribution in [2.45, 2.75) is 23.8 Å². The maximum atomic E-state index is 12.8. The van der Waals surface area contributed by atoms with Crippen molar-refractivity contribution in [2.24, 2.45) is 5.73 Å². The van der Waals surface area contributed by atoms with Gasteiger partial charge >= 0.3 is 0 Å². The van der Waals surface area contributed by atoms with Crippen molar-refractivity contribution < 1.29 is 13.2 Å². The minimum atomic E-state index is -3.68. The molecule has 0 saturated carbocycles. The lowest BCUT2D eigenvalue weighted by Gasteiger charge is -2.30. The average Bonchev–Trinajstić information content (AvgIpc) is 2.67. The SMILES string of the molecule is CN(c1ccccc1)S(=O)(=O)c1ccc(C(=O)N2CCCC(N)C2)cc1.Cl. The number of halogens is 1. The van der Waals surface area contributed by atoms with Gasteiger partial charge in [0.25, 0.3) is 15.9 Å². The summed E-state index contributed by atoms with van der Waals surface area (Å²) < 4.78 is 26.8. The Morgan fingerprint density at radius 3 is 2.33 bits per heavy atom. The molecule has 146 valence electrons. The topological polar surface area (TPSA) is 83.7 Å². The van der Waals surface area contributed by atoms with E-state index < -0.39 is 10.0 Å². The standard InChI is InChI=1S/C19H23N3O3S.ClH/c1-21(17-7-3-2-4-8-17)26(24,25)18-11-9-15(10-12-18)19(23)22-13-5-6-16(20)14-22;/h2-4,7-12,16H,5-6,13-14,20H2,1H3;1H. The highest BCUT2D eigenvalue weighted by Gasteiger charge is 2.24. The lowest BCUT2D eigenvalue weighted by atomic mass is 10.1. The molecule has 0 spiro atoms. The van der Waals surface area contributed by atoms with E-state index in [1.54, 1.807) is 41.3 Å². The molecule has 1 aliphatic rings. The molecule has 1 aliphatic heterocycles. The molecule has 1 unspecified atom stereocenters. The molecule has 2 N–H and O–H groups in total. The minimum absolute atomic E-state index is 0. The van der Waals surface area contributed by atoms with E-state index in [0.29, 0.717) is 24.3 Å². The molecule has 27 heavy (non-hydrogen) atoms. The normalized spacial score (nSPS) is 17.1. The molecule has 1 heterocycles. The summed E-state index contributed by atoms with van der Waals surface area (Å²) in [5.41, 5.74) is 6.98. The molecular weight excluding hydrogens is 386 g/mol. The Morgan fingerprint density at radius 2 is 1.74 bits per heavy atom. The van der Waals surface area contributed by atoms with Gasteiger partial charge in [-0.15, -0.1) is 12.4 Å². The van der Waals surface area contributed by atoms with Gasteiger partial charge in [-0.05, 0) is 49.2 Å². The highest BCUT2D eigenvalue weighted by molar-refractivity contribution is 7.92. The number of anilines is 1. The van der Waals surface area contributed by atoms with E-state index in [2.05, 4.69) is 0 Å². The highest BCUT2D eigenvalue weighted by Crippen LogP contribution is 2.22. The van der Waals surface area contributed by atoms with E-state index in [0.717, 1.165) is 12.8 Å². The van der Waals surface area contributed by atoms with Crippen molar-refractivity contribution in [1.29, 1.82) is 0 Å². The zero-order valence-corrected chi connectivity index (χ0v) is 16.7. The summed E-state index contributed by atoms with van der Waals surface area (Å²) in [5, 5.41) is 0. The van der Waals surface area contributed by atoms with Crippen molar-refractivity contribution in [1.82, 2.24) is 4.90 Å². The van der Waals surface area contributed by atoms with Gasteiger partial charge in [0.2, 0.25) is 0 Å². The van der Waals surface area contributed by atoms with Crippen LogP contribution < -0.4 is 10.0 Å². The van der Waals surface area contributed by atoms with Crippen molar-refractivity contribution in [2.75, 3.05) is 24.4 Å². The first-order chi connectivity index (χ1) is 12.4. The number of amides is 1. The van der Waals surface area contributed by atoms with Crippen LogP contribution >= 0.6 is 12.4 Å². The number of likely N-dealkylation sites (tertiary alicyclic amines) is 1. The third-order valence-electron chi connectivity index (χ3n) is 4.62. The number of piperidine rings is 1. The van der Waals surface area contributed by atoms with Gasteiger partial charge in [-0.25, -0.2) is 8.42 Å². The second kappa shape index (κ2) is 8.73. The number of hydrogen-bond donors (Lipinski definition) is 1. The number of sulfonamides is 1. The zero-order chi connectivity index (χ0) is 18.7. The Bertz CT molecular complexity index is 873. The van der Waals surface area contributed by atoms with Gasteiger partial charge in [0.1, 0.15) is 0 Å². The molecule has 0 aromatic heterocycles. The molecule has 0 radical (unpaired) electrons. The van der Waals surface area contributed by atoms with Crippen LogP contribution in [0.2, 0.25) is 0 Å². The third-order valence-corrected chi connectivity index (χ3v) is 6.42. The molecule has 1 saturated heterocycles. The van der Waals surface area contributed by atoms with Crippen LogP contribution in [0.5, 0.6) is 0 Å². The predicted octanol–water partition coefficient (Wildman–Crippen LogP) is 2.50. The van der Waals surface area contributed by atoms with Gasteiger partial charge in [-0.1, -0.05) is 18.2 Å². The Hall–Kier alpha value is -2.09. The van der Waals surface area contributed by atoms with Gasteiger partial charge in [-0.3, -0.25) is 9.10 Å². The maximum Gasteiger partial charge on any atom is 0.264 e. The molecular formula is C19H24ClN3O3S. The zero-order valence-electron chi connectivity index (χ0n) is 15.1. The number of hydrogen-bond acceptors (Lipinski definition) is 4. The van der Waals surface area contributed by atoms with Crippen LogP contribution in [0.4, 0.5) is 5.69 Å². The molecule has 1 amide bonds. The molecule has 0 bridgehead atoms.